The predicted molar refractivity (Wildman–Crippen MR) is 249 cm³/mol. The van der Waals surface area contributed by atoms with E-state index >= 15 is 0 Å². The summed E-state index contributed by atoms with van der Waals surface area (Å²) < 4.78 is 158. The van der Waals surface area contributed by atoms with Gasteiger partial charge >= 0.3 is 0 Å². The van der Waals surface area contributed by atoms with Gasteiger partial charge in [-0.2, -0.15) is 0 Å². The minimum Gasteiger partial charge on any atom is -0.310 e. The fraction of sp³-hybridized carbons (Fsp3) is 0.0526. The zero-order chi connectivity index (χ0) is 54.3. The molecule has 0 atom stereocenters. The van der Waals surface area contributed by atoms with Crippen molar-refractivity contribution in [1.29, 1.82) is 0 Å². The number of hydrogen-bond donors (Lipinski definition) is 0. The average molecular weight is 772 g/mol. The van der Waals surface area contributed by atoms with Crippen LogP contribution >= 0.6 is 0 Å². The summed E-state index contributed by atoms with van der Waals surface area (Å²) in [4.78, 5) is 1.17. The highest BCUT2D eigenvalue weighted by atomic mass is 15.1. The summed E-state index contributed by atoms with van der Waals surface area (Å²) in [5, 5.41) is 1.68. The Labute approximate surface area is 369 Å². The minimum atomic E-state index is -0.872. The molecule has 11 rings (SSSR count). The van der Waals surface area contributed by atoms with Crippen molar-refractivity contribution in [2.24, 2.45) is 0 Å². The third kappa shape index (κ3) is 5.79. The highest BCUT2D eigenvalue weighted by Crippen LogP contribution is 2.51. The first-order valence-electron chi connectivity index (χ1n) is 27.6. The molecule has 1 heterocycles. The van der Waals surface area contributed by atoms with E-state index in [1.807, 2.05) is 111 Å². The summed E-state index contributed by atoms with van der Waals surface area (Å²) in [5.74, 6) is 0. The number of para-hydroxylation sites is 2. The lowest BCUT2D eigenvalue weighted by Crippen LogP contribution is -2.16. The van der Waals surface area contributed by atoms with Gasteiger partial charge in [0.1, 0.15) is 0 Å². The van der Waals surface area contributed by atoms with Crippen LogP contribution in [0.25, 0.3) is 72.0 Å². The summed E-state index contributed by atoms with van der Waals surface area (Å²) in [6.07, 6.45) is 0. The quantitative estimate of drug-likeness (QED) is 0.157. The Morgan fingerprint density at radius 2 is 1.00 bits per heavy atom. The topological polar surface area (TPSA) is 8.17 Å². The third-order valence-electron chi connectivity index (χ3n) is 11.2. The molecule has 0 aliphatic heterocycles. The van der Waals surface area contributed by atoms with Crippen molar-refractivity contribution in [1.82, 2.24) is 4.57 Å². The molecule has 0 N–H and O–H groups in total. The first-order chi connectivity index (χ1) is 36.1. The number of fused-ring (bicyclic) bond motifs is 6. The molecule has 2 nitrogen and oxygen atoms in total. The standard InChI is InChI=1S/C57H42N2/c1-57(2)53-23-13-11-21-49(53)50-35-34-46(38-54(50)57)58(45-32-27-41(28-33-45)48-20-10-9-19-47(48)40-15-5-3-6-16-40)44-30-25-39(26-31-44)42-29-36-56-52(37-42)51-22-12-14-24-55(51)59(56)43-17-7-4-8-18-43/h3-38H,1-2H3/i3D,5D,6D,9D,10D,15D,16D,19D,20D,25D,26D,27D,28D,30D,31D,32D,33D. The lowest BCUT2D eigenvalue weighted by atomic mass is 9.82. The van der Waals surface area contributed by atoms with Crippen molar-refractivity contribution in [3.63, 3.8) is 0 Å². The van der Waals surface area contributed by atoms with Crippen molar-refractivity contribution in [2.75, 3.05) is 4.90 Å². The molecule has 0 saturated carbocycles. The van der Waals surface area contributed by atoms with Gasteiger partial charge in [0.2, 0.25) is 0 Å². The van der Waals surface area contributed by atoms with Crippen molar-refractivity contribution in [3.05, 3.63) is 229 Å². The van der Waals surface area contributed by atoms with Gasteiger partial charge in [-0.05, 0) is 122 Å². The molecule has 1 aliphatic rings. The maximum absolute atomic E-state index is 9.82. The summed E-state index contributed by atoms with van der Waals surface area (Å²) in [6, 6.07) is 23.1. The van der Waals surface area contributed by atoms with Crippen LogP contribution in [-0.2, 0) is 5.41 Å². The highest BCUT2D eigenvalue weighted by Gasteiger charge is 2.35. The first-order valence-corrected chi connectivity index (χ1v) is 19.1. The molecule has 59 heavy (non-hydrogen) atoms. The first kappa shape index (κ1) is 21.4. The maximum Gasteiger partial charge on any atom is 0.0645 e. The predicted octanol–water partition coefficient (Wildman–Crippen LogP) is 15.6. The molecule has 0 spiro atoms. The highest BCUT2D eigenvalue weighted by molar-refractivity contribution is 6.10. The van der Waals surface area contributed by atoms with Gasteiger partial charge in [-0.15, -0.1) is 0 Å². The molecule has 1 aliphatic carbocycles. The molecule has 280 valence electrons. The second-order valence-electron chi connectivity index (χ2n) is 14.9. The van der Waals surface area contributed by atoms with E-state index in [1.165, 1.54) is 4.90 Å². The van der Waals surface area contributed by atoms with E-state index in [0.29, 0.717) is 5.56 Å². The van der Waals surface area contributed by atoms with Crippen molar-refractivity contribution in [2.45, 2.75) is 19.3 Å². The number of benzene rings is 9. The number of anilines is 3. The van der Waals surface area contributed by atoms with E-state index in [9.17, 15) is 11.0 Å². The largest absolute Gasteiger partial charge is 0.310 e. The Kier molecular flexibility index (Phi) is 5.03. The van der Waals surface area contributed by atoms with Gasteiger partial charge in [-0.1, -0.05) is 165 Å². The van der Waals surface area contributed by atoms with Crippen LogP contribution in [0.5, 0.6) is 0 Å². The van der Waals surface area contributed by atoms with E-state index in [2.05, 4.69) is 4.57 Å². The number of rotatable bonds is 7. The van der Waals surface area contributed by atoms with Crippen molar-refractivity contribution < 1.29 is 23.3 Å². The van der Waals surface area contributed by atoms with Crippen LogP contribution in [0.2, 0.25) is 0 Å². The van der Waals surface area contributed by atoms with Gasteiger partial charge in [-0.3, -0.25) is 0 Å². The second-order valence-corrected chi connectivity index (χ2v) is 14.9. The normalized spacial score (nSPS) is 16.7. The molecule has 0 radical (unpaired) electrons. The lowest BCUT2D eigenvalue weighted by Gasteiger charge is -2.28. The molecule has 1 aromatic heterocycles. The van der Waals surface area contributed by atoms with Crippen LogP contribution in [0.1, 0.15) is 48.3 Å². The fourth-order valence-corrected chi connectivity index (χ4v) is 8.35. The zero-order valence-corrected chi connectivity index (χ0v) is 31.9. The van der Waals surface area contributed by atoms with Crippen LogP contribution in [0.3, 0.4) is 0 Å². The van der Waals surface area contributed by atoms with E-state index in [-0.39, 0.29) is 11.3 Å². The van der Waals surface area contributed by atoms with Gasteiger partial charge in [-0.25, -0.2) is 0 Å². The van der Waals surface area contributed by atoms with Gasteiger partial charge < -0.3 is 9.47 Å². The average Bonchev–Trinajstić information content (AvgIpc) is 3.87. The molecule has 0 saturated heterocycles. The van der Waals surface area contributed by atoms with Crippen LogP contribution < -0.4 is 4.90 Å². The molecule has 0 fully saturated rings. The van der Waals surface area contributed by atoms with Crippen LogP contribution in [-0.4, -0.2) is 4.57 Å². The third-order valence-corrected chi connectivity index (χ3v) is 11.2. The number of nitrogens with zero attached hydrogens (tertiary/aromatic N) is 2. The summed E-state index contributed by atoms with van der Waals surface area (Å²) in [7, 11) is 0. The van der Waals surface area contributed by atoms with Crippen LogP contribution in [0, 0.1) is 0 Å². The van der Waals surface area contributed by atoms with E-state index in [0.717, 1.165) is 49.7 Å². The minimum absolute atomic E-state index is 0.0315. The van der Waals surface area contributed by atoms with Gasteiger partial charge in [0.25, 0.3) is 0 Å². The Morgan fingerprint density at radius 1 is 0.407 bits per heavy atom. The molecule has 0 unspecified atom stereocenters. The smallest absolute Gasteiger partial charge is 0.0645 e. The lowest BCUT2D eigenvalue weighted by molar-refractivity contribution is 0.660. The van der Waals surface area contributed by atoms with E-state index < -0.39 is 142 Å². The zero-order valence-electron chi connectivity index (χ0n) is 48.9. The maximum atomic E-state index is 9.82. The molecular formula is C57H42N2. The van der Waals surface area contributed by atoms with E-state index in [4.69, 9.17) is 12.3 Å². The van der Waals surface area contributed by atoms with Crippen molar-refractivity contribution >= 4 is 38.9 Å². The molecule has 2 heteroatoms. The van der Waals surface area contributed by atoms with Gasteiger partial charge in [0.15, 0.2) is 0 Å². The van der Waals surface area contributed by atoms with Crippen molar-refractivity contribution in [3.8, 4) is 50.2 Å². The van der Waals surface area contributed by atoms with Gasteiger partial charge in [0.05, 0.1) is 34.3 Å². The van der Waals surface area contributed by atoms with Gasteiger partial charge in [0, 0.05) is 38.9 Å². The SMILES string of the molecule is [2H]c1c([2H])c([2H])c(-c2c([2H])c([2H])c([2H])c([2H])c2-c2c([2H])c([2H])c(N(c3ccc4c(c3)C(C)(C)c3ccccc3-4)c3c([2H])c([2H])c(-c4ccc5c(c4)c4ccccc4n5-c4ccccc4)c([2H])c3[2H])c([2H])c2[2H])c([2H])c1[2H]. The number of hydrogen-bond acceptors (Lipinski definition) is 1. The van der Waals surface area contributed by atoms with E-state index in [1.54, 1.807) is 18.2 Å². The molecule has 0 bridgehead atoms. The monoisotopic (exact) mass is 771 g/mol. The number of aromatic nitrogens is 1. The molecule has 9 aromatic carbocycles. The fourth-order valence-electron chi connectivity index (χ4n) is 8.35. The Morgan fingerprint density at radius 3 is 1.75 bits per heavy atom. The van der Waals surface area contributed by atoms with Crippen LogP contribution in [0.15, 0.2) is 218 Å². The summed E-state index contributed by atoms with van der Waals surface area (Å²) in [5.41, 5.74) is 2.55. The molecular weight excluding hydrogens is 713 g/mol. The van der Waals surface area contributed by atoms with Crippen LogP contribution in [0.4, 0.5) is 17.1 Å². The molecule has 10 aromatic rings. The second kappa shape index (κ2) is 13.9. The summed E-state index contributed by atoms with van der Waals surface area (Å²) >= 11 is 0. The Bertz CT molecular complexity index is 4100. The Hall–Kier alpha value is -7.42. The Balaban J connectivity index is 1.18. The molecule has 0 amide bonds. The summed E-state index contributed by atoms with van der Waals surface area (Å²) in [6.45, 7) is 4.03.